The zero-order valence-electron chi connectivity index (χ0n) is 9.27. The predicted octanol–water partition coefficient (Wildman–Crippen LogP) is 4.01. The maximum Gasteiger partial charge on any atom is 0.335 e. The molecule has 17 heavy (non-hydrogen) atoms. The molecular weight excluding hydrogens is 236 g/mol. The van der Waals surface area contributed by atoms with Crippen LogP contribution in [0.2, 0.25) is 5.02 Å². The number of benzene rings is 2. The van der Waals surface area contributed by atoms with E-state index >= 15 is 0 Å². The Kier molecular flexibility index (Phi) is 3.16. The molecule has 86 valence electrons. The highest BCUT2D eigenvalue weighted by Crippen LogP contribution is 2.25. The molecule has 0 unspecified atom stereocenters. The summed E-state index contributed by atoms with van der Waals surface area (Å²) in [7, 11) is 0. The normalized spacial score (nSPS) is 10.2. The first kappa shape index (κ1) is 11.7. The van der Waals surface area contributed by atoms with Crippen LogP contribution >= 0.6 is 11.6 Å². The molecule has 0 fully saturated rings. The van der Waals surface area contributed by atoms with Crippen LogP contribution in [0.15, 0.2) is 42.5 Å². The molecule has 2 nitrogen and oxygen atoms in total. The van der Waals surface area contributed by atoms with Gasteiger partial charge in [-0.25, -0.2) is 4.79 Å². The quantitative estimate of drug-likeness (QED) is 0.869. The lowest BCUT2D eigenvalue weighted by molar-refractivity contribution is 0.0697. The van der Waals surface area contributed by atoms with Crippen LogP contribution in [-0.4, -0.2) is 11.1 Å². The summed E-state index contributed by atoms with van der Waals surface area (Å²) in [5, 5.41) is 9.40. The van der Waals surface area contributed by atoms with E-state index in [9.17, 15) is 4.79 Å². The molecule has 0 aliphatic carbocycles. The minimum absolute atomic E-state index is 0.202. The van der Waals surface area contributed by atoms with Gasteiger partial charge in [0.15, 0.2) is 0 Å². The minimum atomic E-state index is -0.971. The van der Waals surface area contributed by atoms with E-state index in [0.29, 0.717) is 5.02 Å². The molecule has 0 saturated carbocycles. The molecule has 0 bridgehead atoms. The molecule has 0 aliphatic rings. The Morgan fingerprint density at radius 2 is 1.71 bits per heavy atom. The zero-order chi connectivity index (χ0) is 12.4. The monoisotopic (exact) mass is 246 g/mol. The Hall–Kier alpha value is -1.80. The molecule has 3 heteroatoms. The van der Waals surface area contributed by atoms with Gasteiger partial charge in [-0.2, -0.15) is 0 Å². The van der Waals surface area contributed by atoms with E-state index in [2.05, 4.69) is 0 Å². The van der Waals surface area contributed by atoms with E-state index in [1.54, 1.807) is 12.1 Å². The SMILES string of the molecule is Cc1ccc(-c2cc(Cl)cc(C(=O)O)c2)cc1. The van der Waals surface area contributed by atoms with E-state index in [1.807, 2.05) is 31.2 Å². The van der Waals surface area contributed by atoms with Crippen molar-refractivity contribution in [1.82, 2.24) is 0 Å². The average Bonchev–Trinajstić information content (AvgIpc) is 2.29. The van der Waals surface area contributed by atoms with Crippen molar-refractivity contribution in [3.63, 3.8) is 0 Å². The molecule has 0 saturated heterocycles. The fraction of sp³-hybridized carbons (Fsp3) is 0.0714. The van der Waals surface area contributed by atoms with E-state index in [-0.39, 0.29) is 5.56 Å². The van der Waals surface area contributed by atoms with Gasteiger partial charge in [-0.05, 0) is 36.2 Å². The van der Waals surface area contributed by atoms with Crippen molar-refractivity contribution in [3.8, 4) is 11.1 Å². The Bertz CT molecular complexity index is 559. The number of hydrogen-bond donors (Lipinski definition) is 1. The van der Waals surface area contributed by atoms with Crippen LogP contribution < -0.4 is 0 Å². The molecule has 0 aromatic heterocycles. The van der Waals surface area contributed by atoms with Crippen LogP contribution in [-0.2, 0) is 0 Å². The van der Waals surface area contributed by atoms with Crippen LogP contribution in [0.5, 0.6) is 0 Å². The maximum atomic E-state index is 10.9. The fourth-order valence-electron chi connectivity index (χ4n) is 1.63. The van der Waals surface area contributed by atoms with Gasteiger partial charge < -0.3 is 5.11 Å². The van der Waals surface area contributed by atoms with Crippen molar-refractivity contribution in [2.45, 2.75) is 6.92 Å². The van der Waals surface area contributed by atoms with Gasteiger partial charge in [0, 0.05) is 5.02 Å². The van der Waals surface area contributed by atoms with E-state index in [0.717, 1.165) is 16.7 Å². The number of carbonyl (C=O) groups is 1. The summed E-state index contributed by atoms with van der Waals surface area (Å²) >= 11 is 5.91. The van der Waals surface area contributed by atoms with Crippen molar-refractivity contribution in [3.05, 3.63) is 58.6 Å². The molecule has 0 radical (unpaired) electrons. The molecule has 2 aromatic rings. The van der Waals surface area contributed by atoms with Crippen molar-refractivity contribution in [2.24, 2.45) is 0 Å². The van der Waals surface area contributed by atoms with Gasteiger partial charge >= 0.3 is 5.97 Å². The molecule has 0 heterocycles. The Morgan fingerprint density at radius 1 is 1.06 bits per heavy atom. The topological polar surface area (TPSA) is 37.3 Å². The third-order valence-corrected chi connectivity index (χ3v) is 2.75. The van der Waals surface area contributed by atoms with Crippen LogP contribution in [0.1, 0.15) is 15.9 Å². The average molecular weight is 247 g/mol. The Balaban J connectivity index is 2.51. The summed E-state index contributed by atoms with van der Waals surface area (Å²) in [6.07, 6.45) is 0. The van der Waals surface area contributed by atoms with Crippen molar-refractivity contribution in [1.29, 1.82) is 0 Å². The van der Waals surface area contributed by atoms with Gasteiger partial charge in [0.25, 0.3) is 0 Å². The number of hydrogen-bond acceptors (Lipinski definition) is 1. The van der Waals surface area contributed by atoms with E-state index in [4.69, 9.17) is 16.7 Å². The maximum absolute atomic E-state index is 10.9. The van der Waals surface area contributed by atoms with Crippen LogP contribution in [0.4, 0.5) is 0 Å². The first-order valence-electron chi connectivity index (χ1n) is 5.17. The second kappa shape index (κ2) is 4.60. The number of aromatic carboxylic acids is 1. The summed E-state index contributed by atoms with van der Waals surface area (Å²) < 4.78 is 0. The van der Waals surface area contributed by atoms with Gasteiger partial charge in [-0.3, -0.25) is 0 Å². The number of rotatable bonds is 2. The second-order valence-electron chi connectivity index (χ2n) is 3.90. The highest BCUT2D eigenvalue weighted by atomic mass is 35.5. The summed E-state index contributed by atoms with van der Waals surface area (Å²) in [4.78, 5) is 10.9. The lowest BCUT2D eigenvalue weighted by Gasteiger charge is -2.05. The molecule has 0 amide bonds. The van der Waals surface area contributed by atoms with Gasteiger partial charge in [0.05, 0.1) is 5.56 Å². The molecule has 2 aromatic carbocycles. The van der Waals surface area contributed by atoms with Gasteiger partial charge in [-0.15, -0.1) is 0 Å². The van der Waals surface area contributed by atoms with Crippen molar-refractivity contribution >= 4 is 17.6 Å². The number of aryl methyl sites for hydroxylation is 1. The minimum Gasteiger partial charge on any atom is -0.478 e. The smallest absolute Gasteiger partial charge is 0.335 e. The first-order chi connectivity index (χ1) is 8.06. The van der Waals surface area contributed by atoms with Crippen molar-refractivity contribution < 1.29 is 9.90 Å². The second-order valence-corrected chi connectivity index (χ2v) is 4.34. The molecule has 0 spiro atoms. The molecule has 2 rings (SSSR count). The third-order valence-electron chi connectivity index (χ3n) is 2.53. The van der Waals surface area contributed by atoms with E-state index < -0.39 is 5.97 Å². The lowest BCUT2D eigenvalue weighted by Crippen LogP contribution is -1.96. The number of halogens is 1. The zero-order valence-corrected chi connectivity index (χ0v) is 10.0. The molecular formula is C14H11ClO2. The molecule has 0 aliphatic heterocycles. The first-order valence-corrected chi connectivity index (χ1v) is 5.55. The van der Waals surface area contributed by atoms with Crippen LogP contribution in [0.25, 0.3) is 11.1 Å². The Labute approximate surface area is 104 Å². The summed E-state index contributed by atoms with van der Waals surface area (Å²) in [6, 6.07) is 12.7. The van der Waals surface area contributed by atoms with Gasteiger partial charge in [0.2, 0.25) is 0 Å². The van der Waals surface area contributed by atoms with Gasteiger partial charge in [0.1, 0.15) is 0 Å². The highest BCUT2D eigenvalue weighted by molar-refractivity contribution is 6.31. The third kappa shape index (κ3) is 2.66. The predicted molar refractivity (Wildman–Crippen MR) is 68.6 cm³/mol. The highest BCUT2D eigenvalue weighted by Gasteiger charge is 2.07. The fourth-order valence-corrected chi connectivity index (χ4v) is 1.86. The number of carboxylic acids is 1. The lowest BCUT2D eigenvalue weighted by atomic mass is 10.0. The van der Waals surface area contributed by atoms with Gasteiger partial charge in [-0.1, -0.05) is 41.4 Å². The molecule has 1 N–H and O–H groups in total. The molecule has 0 atom stereocenters. The standard InChI is InChI=1S/C14H11ClO2/c1-9-2-4-10(5-3-9)11-6-12(14(16)17)8-13(15)7-11/h2-8H,1H3,(H,16,17). The van der Waals surface area contributed by atoms with Crippen molar-refractivity contribution in [2.75, 3.05) is 0 Å². The summed E-state index contributed by atoms with van der Waals surface area (Å²) in [5.41, 5.74) is 3.14. The Morgan fingerprint density at radius 3 is 2.29 bits per heavy atom. The number of carboxylic acid groups (broad SMARTS) is 1. The van der Waals surface area contributed by atoms with Crippen LogP contribution in [0.3, 0.4) is 0 Å². The summed E-state index contributed by atoms with van der Waals surface area (Å²) in [6.45, 7) is 2.00. The largest absolute Gasteiger partial charge is 0.478 e. The van der Waals surface area contributed by atoms with E-state index in [1.165, 1.54) is 6.07 Å². The van der Waals surface area contributed by atoms with Crippen LogP contribution in [0, 0.1) is 6.92 Å². The summed E-state index contributed by atoms with van der Waals surface area (Å²) in [5.74, 6) is -0.971.